The summed E-state index contributed by atoms with van der Waals surface area (Å²) in [5, 5.41) is 7.88. The summed E-state index contributed by atoms with van der Waals surface area (Å²) in [5.74, 6) is 0.144. The van der Waals surface area contributed by atoms with Crippen LogP contribution >= 0.6 is 0 Å². The molecule has 3 rings (SSSR count). The summed E-state index contributed by atoms with van der Waals surface area (Å²) >= 11 is 0. The Morgan fingerprint density at radius 3 is 2.75 bits per heavy atom. The van der Waals surface area contributed by atoms with Crippen LogP contribution in [-0.4, -0.2) is 15.4 Å². The van der Waals surface area contributed by atoms with Crippen molar-refractivity contribution in [2.75, 3.05) is 0 Å². The SMILES string of the molecule is N=C(N)C(Cn1cnc2c1CCCC2)c1ccccc1. The lowest BCUT2D eigenvalue weighted by molar-refractivity contribution is 0.586. The van der Waals surface area contributed by atoms with Crippen LogP contribution in [-0.2, 0) is 19.4 Å². The maximum atomic E-state index is 7.88. The Kier molecular flexibility index (Phi) is 3.54. The van der Waals surface area contributed by atoms with Crippen LogP contribution in [0.2, 0.25) is 0 Å². The molecule has 3 N–H and O–H groups in total. The van der Waals surface area contributed by atoms with Gasteiger partial charge in [0.15, 0.2) is 0 Å². The van der Waals surface area contributed by atoms with Gasteiger partial charge in [0.25, 0.3) is 0 Å². The fourth-order valence-corrected chi connectivity index (χ4v) is 2.95. The number of hydrogen-bond acceptors (Lipinski definition) is 2. The molecule has 104 valence electrons. The highest BCUT2D eigenvalue weighted by Crippen LogP contribution is 2.23. The third-order valence-corrected chi connectivity index (χ3v) is 4.07. The van der Waals surface area contributed by atoms with Crippen LogP contribution < -0.4 is 5.73 Å². The first kappa shape index (κ1) is 12.9. The lowest BCUT2D eigenvalue weighted by Gasteiger charge is -2.20. The second-order valence-electron chi connectivity index (χ2n) is 5.42. The van der Waals surface area contributed by atoms with E-state index in [1.54, 1.807) is 0 Å². The van der Waals surface area contributed by atoms with Crippen molar-refractivity contribution >= 4 is 5.84 Å². The number of imidazole rings is 1. The molecule has 0 saturated carbocycles. The van der Waals surface area contributed by atoms with E-state index in [-0.39, 0.29) is 11.8 Å². The summed E-state index contributed by atoms with van der Waals surface area (Å²) < 4.78 is 2.19. The van der Waals surface area contributed by atoms with Crippen LogP contribution in [0.1, 0.15) is 35.7 Å². The summed E-state index contributed by atoms with van der Waals surface area (Å²) in [4.78, 5) is 4.51. The predicted octanol–water partition coefficient (Wildman–Crippen LogP) is 2.48. The Balaban J connectivity index is 1.88. The van der Waals surface area contributed by atoms with Gasteiger partial charge in [0.1, 0.15) is 0 Å². The van der Waals surface area contributed by atoms with Gasteiger partial charge in [-0.1, -0.05) is 30.3 Å². The number of nitrogens with one attached hydrogen (secondary N) is 1. The molecule has 1 aromatic heterocycles. The van der Waals surface area contributed by atoms with E-state index in [1.165, 1.54) is 24.2 Å². The Labute approximate surface area is 119 Å². The Morgan fingerprint density at radius 1 is 1.25 bits per heavy atom. The van der Waals surface area contributed by atoms with Gasteiger partial charge in [-0.3, -0.25) is 5.41 Å². The molecule has 2 aromatic rings. The Morgan fingerprint density at radius 2 is 2.00 bits per heavy atom. The highest BCUT2D eigenvalue weighted by molar-refractivity contribution is 5.84. The fourth-order valence-electron chi connectivity index (χ4n) is 2.95. The Hall–Kier alpha value is -2.10. The average Bonchev–Trinajstić information content (AvgIpc) is 2.88. The summed E-state index contributed by atoms with van der Waals surface area (Å²) in [6.07, 6.45) is 6.55. The van der Waals surface area contributed by atoms with E-state index in [1.807, 2.05) is 36.7 Å². The number of nitrogens with two attached hydrogens (primary N) is 1. The van der Waals surface area contributed by atoms with Gasteiger partial charge in [0.2, 0.25) is 0 Å². The highest BCUT2D eigenvalue weighted by atomic mass is 15.1. The summed E-state index contributed by atoms with van der Waals surface area (Å²) in [7, 11) is 0. The fraction of sp³-hybridized carbons (Fsp3) is 0.375. The molecule has 4 nitrogen and oxygen atoms in total. The molecule has 1 atom stereocenters. The largest absolute Gasteiger partial charge is 0.387 e. The molecule has 0 aliphatic heterocycles. The maximum Gasteiger partial charge on any atom is 0.1000 e. The monoisotopic (exact) mass is 268 g/mol. The zero-order valence-electron chi connectivity index (χ0n) is 11.5. The predicted molar refractivity (Wildman–Crippen MR) is 80.0 cm³/mol. The molecule has 20 heavy (non-hydrogen) atoms. The topological polar surface area (TPSA) is 67.7 Å². The maximum absolute atomic E-state index is 7.88. The molecule has 1 heterocycles. The number of hydrogen-bond donors (Lipinski definition) is 2. The number of aryl methyl sites for hydroxylation is 1. The van der Waals surface area contributed by atoms with Gasteiger partial charge in [-0.15, -0.1) is 0 Å². The van der Waals surface area contributed by atoms with Crippen LogP contribution in [0.4, 0.5) is 0 Å². The van der Waals surface area contributed by atoms with E-state index in [2.05, 4.69) is 9.55 Å². The Bertz CT molecular complexity index is 600. The average molecular weight is 268 g/mol. The van der Waals surface area contributed by atoms with Gasteiger partial charge in [0.05, 0.1) is 23.8 Å². The third kappa shape index (κ3) is 2.46. The first-order valence-electron chi connectivity index (χ1n) is 7.17. The van der Waals surface area contributed by atoms with Gasteiger partial charge >= 0.3 is 0 Å². The number of aromatic nitrogens is 2. The van der Waals surface area contributed by atoms with Gasteiger partial charge in [0, 0.05) is 12.2 Å². The third-order valence-electron chi connectivity index (χ3n) is 4.07. The molecule has 0 saturated heterocycles. The van der Waals surface area contributed by atoms with E-state index >= 15 is 0 Å². The zero-order valence-corrected chi connectivity index (χ0v) is 11.5. The number of benzene rings is 1. The first-order valence-corrected chi connectivity index (χ1v) is 7.17. The lowest BCUT2D eigenvalue weighted by Crippen LogP contribution is -2.25. The first-order chi connectivity index (χ1) is 9.75. The number of fused-ring (bicyclic) bond motifs is 1. The van der Waals surface area contributed by atoms with Crippen LogP contribution in [0.25, 0.3) is 0 Å². The van der Waals surface area contributed by atoms with Gasteiger partial charge in [-0.05, 0) is 31.2 Å². The summed E-state index contributed by atoms with van der Waals surface area (Å²) in [6, 6.07) is 10.0. The molecular formula is C16H20N4. The highest BCUT2D eigenvalue weighted by Gasteiger charge is 2.20. The van der Waals surface area contributed by atoms with Gasteiger partial charge < -0.3 is 10.3 Å². The lowest BCUT2D eigenvalue weighted by atomic mass is 9.97. The van der Waals surface area contributed by atoms with Crippen molar-refractivity contribution in [3.05, 3.63) is 53.6 Å². The van der Waals surface area contributed by atoms with Crippen molar-refractivity contribution in [3.8, 4) is 0 Å². The van der Waals surface area contributed by atoms with Crippen molar-refractivity contribution in [1.29, 1.82) is 5.41 Å². The van der Waals surface area contributed by atoms with E-state index in [9.17, 15) is 0 Å². The number of amidine groups is 1. The molecule has 0 bridgehead atoms. The number of nitrogens with zero attached hydrogens (tertiary/aromatic N) is 2. The van der Waals surface area contributed by atoms with Crippen LogP contribution in [0, 0.1) is 5.41 Å². The van der Waals surface area contributed by atoms with Crippen molar-refractivity contribution in [2.24, 2.45) is 5.73 Å². The minimum atomic E-state index is -0.0728. The molecule has 1 aromatic carbocycles. The molecule has 0 amide bonds. The van der Waals surface area contributed by atoms with Gasteiger partial charge in [-0.2, -0.15) is 0 Å². The van der Waals surface area contributed by atoms with E-state index in [0.717, 1.165) is 18.4 Å². The van der Waals surface area contributed by atoms with Crippen molar-refractivity contribution in [2.45, 2.75) is 38.1 Å². The molecule has 1 aliphatic rings. The summed E-state index contributed by atoms with van der Waals surface area (Å²) in [5.41, 5.74) is 9.47. The minimum Gasteiger partial charge on any atom is -0.387 e. The van der Waals surface area contributed by atoms with E-state index in [4.69, 9.17) is 11.1 Å². The molecular weight excluding hydrogens is 248 g/mol. The molecule has 0 spiro atoms. The standard InChI is InChI=1S/C16H20N4/c17-16(18)13(12-6-2-1-3-7-12)10-20-11-19-14-8-4-5-9-15(14)20/h1-3,6-7,11,13H,4-5,8-10H2,(H3,17,18). The van der Waals surface area contributed by atoms with Gasteiger partial charge in [-0.25, -0.2) is 4.98 Å². The molecule has 4 heteroatoms. The second kappa shape index (κ2) is 5.49. The molecule has 1 aliphatic carbocycles. The number of rotatable bonds is 4. The minimum absolute atomic E-state index is 0.0728. The van der Waals surface area contributed by atoms with Crippen molar-refractivity contribution in [1.82, 2.24) is 9.55 Å². The van der Waals surface area contributed by atoms with E-state index in [0.29, 0.717) is 6.54 Å². The normalized spacial score (nSPS) is 15.6. The smallest absolute Gasteiger partial charge is 0.1000 e. The van der Waals surface area contributed by atoms with Crippen LogP contribution in [0.15, 0.2) is 36.7 Å². The van der Waals surface area contributed by atoms with Crippen molar-refractivity contribution in [3.63, 3.8) is 0 Å². The second-order valence-corrected chi connectivity index (χ2v) is 5.42. The van der Waals surface area contributed by atoms with E-state index < -0.39 is 0 Å². The van der Waals surface area contributed by atoms with Crippen LogP contribution in [0.3, 0.4) is 0 Å². The molecule has 1 unspecified atom stereocenters. The van der Waals surface area contributed by atoms with Crippen molar-refractivity contribution < 1.29 is 0 Å². The summed E-state index contributed by atoms with van der Waals surface area (Å²) in [6.45, 7) is 0.710. The molecule has 0 radical (unpaired) electrons. The molecule has 0 fully saturated rings. The zero-order chi connectivity index (χ0) is 13.9. The quantitative estimate of drug-likeness (QED) is 0.660. The van der Waals surface area contributed by atoms with Crippen LogP contribution in [0.5, 0.6) is 0 Å².